The number of rotatable bonds is 7. The highest BCUT2D eigenvalue weighted by Crippen LogP contribution is 2.31. The normalized spacial score (nSPS) is 12.3. The zero-order chi connectivity index (χ0) is 21.6. The quantitative estimate of drug-likeness (QED) is 0.450. The molecule has 7 heteroatoms. The Hall–Kier alpha value is -1.69. The third-order valence-electron chi connectivity index (χ3n) is 3.94. The lowest BCUT2D eigenvalue weighted by atomic mass is 9.92. The van der Waals surface area contributed by atoms with E-state index in [9.17, 15) is 9.59 Å². The summed E-state index contributed by atoms with van der Waals surface area (Å²) in [6.07, 6.45) is 1.08. The number of hydrogen-bond acceptors (Lipinski definition) is 3. The SMILES string of the molecule is CCC(Sc1cccc(NC(=O)CC(C)(C)C)c1)C(=O)Nc1ccc(Cl)cc1Cl. The summed E-state index contributed by atoms with van der Waals surface area (Å²) in [4.78, 5) is 25.8. The first kappa shape index (κ1) is 23.6. The van der Waals surface area contributed by atoms with Crippen molar-refractivity contribution < 1.29 is 9.59 Å². The predicted molar refractivity (Wildman–Crippen MR) is 124 cm³/mol. The van der Waals surface area contributed by atoms with Gasteiger partial charge in [-0.3, -0.25) is 9.59 Å². The Morgan fingerprint density at radius 3 is 2.41 bits per heavy atom. The van der Waals surface area contributed by atoms with Crippen molar-refractivity contribution in [2.45, 2.75) is 50.7 Å². The van der Waals surface area contributed by atoms with Crippen molar-refractivity contribution in [3.05, 3.63) is 52.5 Å². The predicted octanol–water partition coefficient (Wildman–Crippen LogP) is 6.88. The zero-order valence-electron chi connectivity index (χ0n) is 17.0. The lowest BCUT2D eigenvalue weighted by Gasteiger charge is -2.18. The van der Waals surface area contributed by atoms with Gasteiger partial charge in [-0.15, -0.1) is 11.8 Å². The van der Waals surface area contributed by atoms with Crippen LogP contribution in [-0.2, 0) is 9.59 Å². The Labute approximate surface area is 186 Å². The second kappa shape index (κ2) is 10.4. The summed E-state index contributed by atoms with van der Waals surface area (Å²) in [7, 11) is 0. The molecule has 0 saturated carbocycles. The van der Waals surface area contributed by atoms with E-state index in [1.807, 2.05) is 52.0 Å². The van der Waals surface area contributed by atoms with E-state index < -0.39 is 0 Å². The second-order valence-corrected chi connectivity index (χ2v) is 10.1. The minimum Gasteiger partial charge on any atom is -0.326 e. The summed E-state index contributed by atoms with van der Waals surface area (Å²) in [5.74, 6) is -0.161. The number of amides is 2. The topological polar surface area (TPSA) is 58.2 Å². The summed E-state index contributed by atoms with van der Waals surface area (Å²) in [5.41, 5.74) is 1.17. The van der Waals surface area contributed by atoms with Gasteiger partial charge >= 0.3 is 0 Å². The Kier molecular flexibility index (Phi) is 8.44. The highest BCUT2D eigenvalue weighted by molar-refractivity contribution is 8.00. The fourth-order valence-electron chi connectivity index (χ4n) is 2.62. The molecular weight excluding hydrogens is 427 g/mol. The van der Waals surface area contributed by atoms with Gasteiger partial charge in [-0.05, 0) is 48.2 Å². The Morgan fingerprint density at radius 2 is 1.79 bits per heavy atom. The van der Waals surface area contributed by atoms with Crippen LogP contribution in [0.1, 0.15) is 40.5 Å². The van der Waals surface area contributed by atoms with Crippen molar-refractivity contribution in [1.29, 1.82) is 0 Å². The number of nitrogens with one attached hydrogen (secondary N) is 2. The van der Waals surface area contributed by atoms with E-state index in [1.54, 1.807) is 18.2 Å². The van der Waals surface area contributed by atoms with Gasteiger partial charge in [0.1, 0.15) is 0 Å². The summed E-state index contributed by atoms with van der Waals surface area (Å²) < 4.78 is 0. The Bertz CT molecular complexity index is 881. The van der Waals surface area contributed by atoms with Crippen LogP contribution in [0.3, 0.4) is 0 Å². The molecule has 0 radical (unpaired) electrons. The smallest absolute Gasteiger partial charge is 0.237 e. The van der Waals surface area contributed by atoms with Crippen molar-refractivity contribution in [3.8, 4) is 0 Å². The fraction of sp³-hybridized carbons (Fsp3) is 0.364. The van der Waals surface area contributed by atoms with Gasteiger partial charge in [0.15, 0.2) is 0 Å². The van der Waals surface area contributed by atoms with E-state index in [2.05, 4.69) is 10.6 Å². The first-order valence-electron chi connectivity index (χ1n) is 9.40. The first-order chi connectivity index (χ1) is 13.6. The molecule has 0 fully saturated rings. The van der Waals surface area contributed by atoms with Crippen LogP contribution in [0.15, 0.2) is 47.4 Å². The van der Waals surface area contributed by atoms with Crippen molar-refractivity contribution >= 4 is 58.2 Å². The van der Waals surface area contributed by atoms with E-state index in [0.29, 0.717) is 28.6 Å². The van der Waals surface area contributed by atoms with Crippen molar-refractivity contribution in [1.82, 2.24) is 0 Å². The van der Waals surface area contributed by atoms with Crippen LogP contribution in [0.25, 0.3) is 0 Å². The summed E-state index contributed by atoms with van der Waals surface area (Å²) in [5, 5.41) is 6.40. The van der Waals surface area contributed by atoms with Crippen LogP contribution in [0, 0.1) is 5.41 Å². The van der Waals surface area contributed by atoms with E-state index in [-0.39, 0.29) is 22.5 Å². The number of carbonyl (C=O) groups excluding carboxylic acids is 2. The molecule has 0 aliphatic rings. The van der Waals surface area contributed by atoms with Crippen LogP contribution in [0.5, 0.6) is 0 Å². The first-order valence-corrected chi connectivity index (χ1v) is 11.0. The molecule has 0 aliphatic heterocycles. The van der Waals surface area contributed by atoms with Gasteiger partial charge < -0.3 is 10.6 Å². The zero-order valence-corrected chi connectivity index (χ0v) is 19.3. The second-order valence-electron chi connectivity index (χ2n) is 7.94. The van der Waals surface area contributed by atoms with Crippen molar-refractivity contribution in [2.24, 2.45) is 5.41 Å². The molecule has 1 unspecified atom stereocenters. The van der Waals surface area contributed by atoms with Gasteiger partial charge in [-0.1, -0.05) is 57.0 Å². The number of carbonyl (C=O) groups is 2. The molecule has 1 atom stereocenters. The van der Waals surface area contributed by atoms with Gasteiger partial charge in [-0.25, -0.2) is 0 Å². The number of thioether (sulfide) groups is 1. The Morgan fingerprint density at radius 1 is 1.07 bits per heavy atom. The highest BCUT2D eigenvalue weighted by atomic mass is 35.5. The molecule has 2 amide bonds. The minimum absolute atomic E-state index is 0.0261. The molecule has 0 bridgehead atoms. The van der Waals surface area contributed by atoms with Gasteiger partial charge in [-0.2, -0.15) is 0 Å². The maximum Gasteiger partial charge on any atom is 0.237 e. The largest absolute Gasteiger partial charge is 0.326 e. The number of hydrogen-bond donors (Lipinski definition) is 2. The molecule has 0 aromatic heterocycles. The van der Waals surface area contributed by atoms with Gasteiger partial charge in [0.05, 0.1) is 16.0 Å². The van der Waals surface area contributed by atoms with Gasteiger partial charge in [0.25, 0.3) is 0 Å². The standard InChI is InChI=1S/C22H26Cl2N2O2S/c1-5-19(21(28)26-18-10-9-14(23)11-17(18)24)29-16-8-6-7-15(12-16)25-20(27)13-22(2,3)4/h6-12,19H,5,13H2,1-4H3,(H,25,27)(H,26,28). The molecule has 0 spiro atoms. The Balaban J connectivity index is 2.04. The summed E-state index contributed by atoms with van der Waals surface area (Å²) in [6, 6.07) is 12.5. The highest BCUT2D eigenvalue weighted by Gasteiger charge is 2.20. The molecule has 2 rings (SSSR count). The molecule has 2 N–H and O–H groups in total. The van der Waals surface area contributed by atoms with Crippen LogP contribution in [-0.4, -0.2) is 17.1 Å². The summed E-state index contributed by atoms with van der Waals surface area (Å²) >= 11 is 13.5. The third-order valence-corrected chi connectivity index (χ3v) is 5.85. The third kappa shape index (κ3) is 7.92. The van der Waals surface area contributed by atoms with E-state index in [1.165, 1.54) is 11.8 Å². The molecule has 4 nitrogen and oxygen atoms in total. The monoisotopic (exact) mass is 452 g/mol. The fourth-order valence-corrected chi connectivity index (χ4v) is 4.09. The van der Waals surface area contributed by atoms with Crippen LogP contribution >= 0.6 is 35.0 Å². The van der Waals surface area contributed by atoms with Crippen LogP contribution in [0.4, 0.5) is 11.4 Å². The maximum absolute atomic E-state index is 12.7. The van der Waals surface area contributed by atoms with Crippen molar-refractivity contribution in [3.63, 3.8) is 0 Å². The van der Waals surface area contributed by atoms with Crippen LogP contribution < -0.4 is 10.6 Å². The maximum atomic E-state index is 12.7. The van der Waals surface area contributed by atoms with Crippen LogP contribution in [0.2, 0.25) is 10.0 Å². The molecule has 0 heterocycles. The van der Waals surface area contributed by atoms with Crippen molar-refractivity contribution in [2.75, 3.05) is 10.6 Å². The molecule has 29 heavy (non-hydrogen) atoms. The lowest BCUT2D eigenvalue weighted by molar-refractivity contribution is -0.118. The molecule has 0 aliphatic carbocycles. The van der Waals surface area contributed by atoms with E-state index in [0.717, 1.165) is 10.6 Å². The lowest BCUT2D eigenvalue weighted by Crippen LogP contribution is -2.24. The number of anilines is 2. The van der Waals surface area contributed by atoms with Gasteiger partial charge in [0.2, 0.25) is 11.8 Å². The summed E-state index contributed by atoms with van der Waals surface area (Å²) in [6.45, 7) is 8.03. The number of halogens is 2. The van der Waals surface area contributed by atoms with Gasteiger partial charge in [0, 0.05) is 22.0 Å². The molecule has 156 valence electrons. The number of benzene rings is 2. The molecule has 0 saturated heterocycles. The minimum atomic E-state index is -0.303. The molecular formula is C22H26Cl2N2O2S. The average Bonchev–Trinajstić information content (AvgIpc) is 2.60. The average molecular weight is 453 g/mol. The molecule has 2 aromatic carbocycles. The van der Waals surface area contributed by atoms with E-state index in [4.69, 9.17) is 23.2 Å². The molecule has 2 aromatic rings. The van der Waals surface area contributed by atoms with E-state index >= 15 is 0 Å².